The summed E-state index contributed by atoms with van der Waals surface area (Å²) in [6, 6.07) is 6.68. The van der Waals surface area contributed by atoms with Crippen LogP contribution in [0.5, 0.6) is 0 Å². The lowest BCUT2D eigenvalue weighted by atomic mass is 10.1. The molecule has 5 heteroatoms. The molecule has 0 radical (unpaired) electrons. The van der Waals surface area contributed by atoms with Crippen LogP contribution in [-0.4, -0.2) is 37.0 Å². The fourth-order valence-corrected chi connectivity index (χ4v) is 2.10. The van der Waals surface area contributed by atoms with Crippen molar-refractivity contribution in [3.05, 3.63) is 35.6 Å². The molecule has 1 aromatic rings. The molecule has 1 fully saturated rings. The summed E-state index contributed by atoms with van der Waals surface area (Å²) in [7, 11) is 1.79. The maximum Gasteiger partial charge on any atom is 0.227 e. The average molecular weight is 273 g/mol. The summed E-state index contributed by atoms with van der Waals surface area (Å²) in [6.07, 6.45) is 1.11. The van der Waals surface area contributed by atoms with Crippen LogP contribution in [0, 0.1) is 5.82 Å². The van der Waals surface area contributed by atoms with Gasteiger partial charge < -0.3 is 10.2 Å². The van der Waals surface area contributed by atoms with Crippen molar-refractivity contribution < 1.29 is 9.18 Å². The summed E-state index contributed by atoms with van der Waals surface area (Å²) in [5.74, 6) is -0.331. The van der Waals surface area contributed by atoms with Crippen molar-refractivity contribution in [2.45, 2.75) is 18.9 Å². The first-order chi connectivity index (χ1) is 8.18. The maximum atomic E-state index is 13.4. The quantitative estimate of drug-likeness (QED) is 0.907. The minimum atomic E-state index is -0.307. The van der Waals surface area contributed by atoms with Gasteiger partial charge in [0.1, 0.15) is 5.82 Å². The molecule has 1 aliphatic rings. The Morgan fingerprint density at radius 2 is 2.22 bits per heavy atom. The van der Waals surface area contributed by atoms with Gasteiger partial charge in [-0.1, -0.05) is 18.2 Å². The Labute approximate surface area is 113 Å². The number of hydrogen-bond donors (Lipinski definition) is 1. The lowest BCUT2D eigenvalue weighted by Gasteiger charge is -2.23. The Morgan fingerprint density at radius 1 is 1.50 bits per heavy atom. The van der Waals surface area contributed by atoms with E-state index in [-0.39, 0.29) is 36.6 Å². The lowest BCUT2D eigenvalue weighted by molar-refractivity contribution is -0.130. The Kier molecular flexibility index (Phi) is 5.56. The van der Waals surface area contributed by atoms with Crippen LogP contribution in [0.3, 0.4) is 0 Å². The largest absolute Gasteiger partial charge is 0.341 e. The first kappa shape index (κ1) is 14.9. The van der Waals surface area contributed by atoms with Gasteiger partial charge >= 0.3 is 0 Å². The van der Waals surface area contributed by atoms with Crippen LogP contribution in [0.1, 0.15) is 12.0 Å². The molecule has 1 saturated heterocycles. The van der Waals surface area contributed by atoms with Gasteiger partial charge in [0.05, 0.1) is 6.42 Å². The number of amides is 1. The molecule has 0 bridgehead atoms. The molecule has 0 aliphatic carbocycles. The van der Waals surface area contributed by atoms with Crippen LogP contribution in [0.15, 0.2) is 24.3 Å². The van der Waals surface area contributed by atoms with Gasteiger partial charge in [-0.3, -0.25) is 4.79 Å². The van der Waals surface area contributed by atoms with Crippen LogP contribution in [0.2, 0.25) is 0 Å². The molecule has 18 heavy (non-hydrogen) atoms. The van der Waals surface area contributed by atoms with Crippen LogP contribution < -0.4 is 5.32 Å². The third kappa shape index (κ3) is 3.43. The molecule has 1 unspecified atom stereocenters. The highest BCUT2D eigenvalue weighted by Gasteiger charge is 2.23. The summed E-state index contributed by atoms with van der Waals surface area (Å²) in [5.41, 5.74) is 0.468. The van der Waals surface area contributed by atoms with E-state index in [1.165, 1.54) is 6.07 Å². The van der Waals surface area contributed by atoms with Gasteiger partial charge in [0.15, 0.2) is 0 Å². The van der Waals surface area contributed by atoms with Gasteiger partial charge in [0, 0.05) is 19.6 Å². The van der Waals surface area contributed by atoms with E-state index in [0.717, 1.165) is 19.5 Å². The highest BCUT2D eigenvalue weighted by molar-refractivity contribution is 5.85. The molecule has 1 N–H and O–H groups in total. The van der Waals surface area contributed by atoms with Crippen LogP contribution >= 0.6 is 12.4 Å². The molecule has 0 aromatic heterocycles. The Hall–Kier alpha value is -1.13. The summed E-state index contributed by atoms with van der Waals surface area (Å²) in [6.45, 7) is 1.78. The van der Waals surface area contributed by atoms with Crippen LogP contribution in [-0.2, 0) is 11.2 Å². The molecule has 1 aromatic carbocycles. The maximum absolute atomic E-state index is 13.4. The van der Waals surface area contributed by atoms with Gasteiger partial charge in [0.25, 0.3) is 0 Å². The molecule has 1 aliphatic heterocycles. The van der Waals surface area contributed by atoms with E-state index >= 15 is 0 Å². The molecule has 3 nitrogen and oxygen atoms in total. The minimum absolute atomic E-state index is 0. The summed E-state index contributed by atoms with van der Waals surface area (Å²) < 4.78 is 13.4. The van der Waals surface area contributed by atoms with Crippen molar-refractivity contribution in [3.63, 3.8) is 0 Å². The highest BCUT2D eigenvalue weighted by Crippen LogP contribution is 2.11. The molecule has 0 spiro atoms. The van der Waals surface area contributed by atoms with Crippen molar-refractivity contribution in [2.75, 3.05) is 20.1 Å². The fraction of sp³-hybridized carbons (Fsp3) is 0.462. The molecular formula is C13H18ClFN2O. The Morgan fingerprint density at radius 3 is 2.83 bits per heavy atom. The number of hydrogen-bond acceptors (Lipinski definition) is 2. The summed E-state index contributed by atoms with van der Waals surface area (Å²) in [5, 5.41) is 3.22. The lowest BCUT2D eigenvalue weighted by Crippen LogP contribution is -2.39. The topological polar surface area (TPSA) is 32.3 Å². The second kappa shape index (κ2) is 6.71. The number of nitrogens with one attached hydrogen (secondary N) is 1. The van der Waals surface area contributed by atoms with Crippen LogP contribution in [0.4, 0.5) is 4.39 Å². The number of likely N-dealkylation sites (N-methyl/N-ethyl adjacent to an activating group) is 1. The van der Waals surface area contributed by atoms with Gasteiger partial charge in [-0.2, -0.15) is 0 Å². The predicted octanol–water partition coefficient (Wildman–Crippen LogP) is 1.61. The second-order valence-corrected chi connectivity index (χ2v) is 4.42. The molecule has 100 valence electrons. The monoisotopic (exact) mass is 272 g/mol. The van der Waals surface area contributed by atoms with E-state index < -0.39 is 0 Å². The van der Waals surface area contributed by atoms with Crippen molar-refractivity contribution in [1.82, 2.24) is 10.2 Å². The Balaban J connectivity index is 0.00000162. The zero-order valence-electron chi connectivity index (χ0n) is 10.4. The summed E-state index contributed by atoms with van der Waals surface area (Å²) >= 11 is 0. The predicted molar refractivity (Wildman–Crippen MR) is 71.4 cm³/mol. The SMILES string of the molecule is CN(C(=O)Cc1ccccc1F)C1CCNC1.Cl. The van der Waals surface area contributed by atoms with Gasteiger partial charge in [-0.25, -0.2) is 4.39 Å². The van der Waals surface area contributed by atoms with Crippen LogP contribution in [0.25, 0.3) is 0 Å². The minimum Gasteiger partial charge on any atom is -0.341 e. The van der Waals surface area contributed by atoms with E-state index in [1.807, 2.05) is 0 Å². The first-order valence-electron chi connectivity index (χ1n) is 5.88. The third-order valence-corrected chi connectivity index (χ3v) is 3.27. The standard InChI is InChI=1S/C13H17FN2O.ClH/c1-16(11-6-7-15-9-11)13(17)8-10-4-2-3-5-12(10)14;/h2-5,11,15H,6-9H2,1H3;1H. The Bertz CT molecular complexity index is 408. The number of benzene rings is 1. The highest BCUT2D eigenvalue weighted by atomic mass is 35.5. The average Bonchev–Trinajstić information content (AvgIpc) is 2.84. The fourth-order valence-electron chi connectivity index (χ4n) is 2.10. The number of carbonyl (C=O) groups is 1. The van der Waals surface area contributed by atoms with Crippen molar-refractivity contribution in [2.24, 2.45) is 0 Å². The molecular weight excluding hydrogens is 255 g/mol. The zero-order valence-corrected chi connectivity index (χ0v) is 11.2. The smallest absolute Gasteiger partial charge is 0.227 e. The van der Waals surface area contributed by atoms with E-state index in [4.69, 9.17) is 0 Å². The molecule has 1 atom stereocenters. The van der Waals surface area contributed by atoms with Crippen molar-refractivity contribution in [1.29, 1.82) is 0 Å². The zero-order chi connectivity index (χ0) is 12.3. The van der Waals surface area contributed by atoms with Crippen molar-refractivity contribution >= 4 is 18.3 Å². The number of carbonyl (C=O) groups excluding carboxylic acids is 1. The number of nitrogens with zero attached hydrogens (tertiary/aromatic N) is 1. The molecule has 1 amide bonds. The van der Waals surface area contributed by atoms with Gasteiger partial charge in [-0.05, 0) is 24.6 Å². The molecule has 1 heterocycles. The number of rotatable bonds is 3. The van der Waals surface area contributed by atoms with E-state index in [9.17, 15) is 9.18 Å². The third-order valence-electron chi connectivity index (χ3n) is 3.27. The van der Waals surface area contributed by atoms with Gasteiger partial charge in [-0.15, -0.1) is 12.4 Å². The van der Waals surface area contributed by atoms with Gasteiger partial charge in [0.2, 0.25) is 5.91 Å². The summed E-state index contributed by atoms with van der Waals surface area (Å²) in [4.78, 5) is 13.7. The first-order valence-corrected chi connectivity index (χ1v) is 5.88. The second-order valence-electron chi connectivity index (χ2n) is 4.42. The van der Waals surface area contributed by atoms with E-state index in [2.05, 4.69) is 5.32 Å². The molecule has 0 saturated carbocycles. The van der Waals surface area contributed by atoms with E-state index in [0.29, 0.717) is 5.56 Å². The van der Waals surface area contributed by atoms with Crippen molar-refractivity contribution in [3.8, 4) is 0 Å². The molecule has 2 rings (SSSR count). The van der Waals surface area contributed by atoms with E-state index in [1.54, 1.807) is 30.1 Å². The normalized spacial score (nSPS) is 18.2. The number of halogens is 2.